The number of aliphatic hydroxyl groups excluding tert-OH is 1. The predicted octanol–water partition coefficient (Wildman–Crippen LogP) is 0.995. The molecule has 2 atom stereocenters. The molecule has 1 aliphatic carbocycles. The molecule has 0 unspecified atom stereocenters. The van der Waals surface area contributed by atoms with Crippen molar-refractivity contribution in [3.8, 4) is 0 Å². The Labute approximate surface area is 142 Å². The molecule has 1 aliphatic heterocycles. The lowest BCUT2D eigenvalue weighted by Gasteiger charge is -2.39. The summed E-state index contributed by atoms with van der Waals surface area (Å²) >= 11 is 0. The fraction of sp³-hybridized carbons (Fsp3) is 0.556. The Hall–Kier alpha value is -1.76. The second-order valence-corrected chi connectivity index (χ2v) is 6.89. The zero-order valence-corrected chi connectivity index (χ0v) is 13.9. The average molecular weight is 327 g/mol. The standard InChI is InChI=1S/C18H25N5O/c24-17-16(20-8-3-12-23-13-11-21-22-23)14-4-1-2-5-15(14)18(17)6-9-19-10-7-18/h1-2,4-5,11,13,16-17,19-20,24H,3,6-10,12H2/t16-,17+/m1/s1. The molecule has 2 aliphatic rings. The van der Waals surface area contributed by atoms with Crippen molar-refractivity contribution in [2.24, 2.45) is 0 Å². The number of benzene rings is 1. The Balaban J connectivity index is 1.47. The summed E-state index contributed by atoms with van der Waals surface area (Å²) in [5.74, 6) is 0. The van der Waals surface area contributed by atoms with Crippen LogP contribution in [0.15, 0.2) is 36.7 Å². The quantitative estimate of drug-likeness (QED) is 0.714. The number of hydrogen-bond acceptors (Lipinski definition) is 5. The van der Waals surface area contributed by atoms with Crippen LogP contribution in [-0.2, 0) is 12.0 Å². The third kappa shape index (κ3) is 2.64. The Bertz CT molecular complexity index is 666. The third-order valence-electron chi connectivity index (χ3n) is 5.61. The van der Waals surface area contributed by atoms with Gasteiger partial charge < -0.3 is 15.7 Å². The summed E-state index contributed by atoms with van der Waals surface area (Å²) in [4.78, 5) is 0. The van der Waals surface area contributed by atoms with E-state index in [4.69, 9.17) is 0 Å². The van der Waals surface area contributed by atoms with Crippen LogP contribution in [0.3, 0.4) is 0 Å². The van der Waals surface area contributed by atoms with Crippen LogP contribution in [0.5, 0.6) is 0 Å². The van der Waals surface area contributed by atoms with E-state index in [0.29, 0.717) is 0 Å². The Morgan fingerprint density at radius 3 is 2.92 bits per heavy atom. The van der Waals surface area contributed by atoms with Gasteiger partial charge in [-0.25, -0.2) is 0 Å². The lowest BCUT2D eigenvalue weighted by Crippen LogP contribution is -2.48. The van der Waals surface area contributed by atoms with E-state index in [9.17, 15) is 5.11 Å². The van der Waals surface area contributed by atoms with Crippen molar-refractivity contribution in [3.63, 3.8) is 0 Å². The van der Waals surface area contributed by atoms with Crippen molar-refractivity contribution in [3.05, 3.63) is 47.8 Å². The van der Waals surface area contributed by atoms with Gasteiger partial charge in [0.15, 0.2) is 0 Å². The summed E-state index contributed by atoms with van der Waals surface area (Å²) in [5.41, 5.74) is 2.52. The van der Waals surface area contributed by atoms with Crippen molar-refractivity contribution in [1.82, 2.24) is 25.6 Å². The summed E-state index contributed by atoms with van der Waals surface area (Å²) in [7, 11) is 0. The second kappa shape index (κ2) is 6.63. The van der Waals surface area contributed by atoms with Crippen LogP contribution in [-0.4, -0.2) is 45.8 Å². The second-order valence-electron chi connectivity index (χ2n) is 6.89. The highest BCUT2D eigenvalue weighted by Crippen LogP contribution is 2.49. The zero-order valence-electron chi connectivity index (χ0n) is 13.9. The van der Waals surface area contributed by atoms with Crippen LogP contribution in [0.4, 0.5) is 0 Å². The number of piperidine rings is 1. The molecule has 6 heteroatoms. The summed E-state index contributed by atoms with van der Waals surface area (Å²) in [6, 6.07) is 8.58. The lowest BCUT2D eigenvalue weighted by atomic mass is 9.72. The number of aromatic nitrogens is 3. The van der Waals surface area contributed by atoms with Crippen molar-refractivity contribution in [1.29, 1.82) is 0 Å². The van der Waals surface area contributed by atoms with Crippen molar-refractivity contribution in [2.75, 3.05) is 19.6 Å². The maximum atomic E-state index is 11.2. The fourth-order valence-corrected chi connectivity index (χ4v) is 4.38. The lowest BCUT2D eigenvalue weighted by molar-refractivity contribution is 0.0443. The smallest absolute Gasteiger partial charge is 0.0832 e. The van der Waals surface area contributed by atoms with Gasteiger partial charge in [0.1, 0.15) is 0 Å². The molecule has 0 saturated carbocycles. The number of nitrogens with one attached hydrogen (secondary N) is 2. The summed E-state index contributed by atoms with van der Waals surface area (Å²) in [6.07, 6.45) is 6.19. The van der Waals surface area contributed by atoms with Crippen molar-refractivity contribution < 1.29 is 5.11 Å². The monoisotopic (exact) mass is 327 g/mol. The van der Waals surface area contributed by atoms with Gasteiger partial charge in [-0.05, 0) is 50.0 Å². The van der Waals surface area contributed by atoms with Crippen LogP contribution in [0.2, 0.25) is 0 Å². The SMILES string of the molecule is O[C@H]1[C@H](NCCCn2ccnn2)c2ccccc2C12CCNCC2. The van der Waals surface area contributed by atoms with Gasteiger partial charge in [-0.15, -0.1) is 5.10 Å². The molecule has 2 aromatic rings. The topological polar surface area (TPSA) is 75.0 Å². The summed E-state index contributed by atoms with van der Waals surface area (Å²) < 4.78 is 1.84. The first kappa shape index (κ1) is 15.7. The molecule has 1 aromatic carbocycles. The van der Waals surface area contributed by atoms with Crippen LogP contribution in [0, 0.1) is 0 Å². The van der Waals surface area contributed by atoms with E-state index in [1.807, 2.05) is 10.9 Å². The molecule has 0 bridgehead atoms. The number of hydrogen-bond donors (Lipinski definition) is 3. The van der Waals surface area contributed by atoms with E-state index in [-0.39, 0.29) is 17.6 Å². The number of nitrogens with zero attached hydrogens (tertiary/aromatic N) is 3. The van der Waals surface area contributed by atoms with Gasteiger partial charge in [0.25, 0.3) is 0 Å². The van der Waals surface area contributed by atoms with Crippen LogP contribution < -0.4 is 10.6 Å². The molecule has 4 rings (SSSR count). The highest BCUT2D eigenvalue weighted by Gasteiger charge is 2.51. The molecule has 1 fully saturated rings. The molecule has 3 N–H and O–H groups in total. The van der Waals surface area contributed by atoms with E-state index < -0.39 is 0 Å². The summed E-state index contributed by atoms with van der Waals surface area (Å²) in [6.45, 7) is 3.64. The molecule has 1 spiro atoms. The number of aryl methyl sites for hydroxylation is 1. The molecule has 1 saturated heterocycles. The van der Waals surface area contributed by atoms with Crippen molar-refractivity contribution in [2.45, 2.75) is 43.4 Å². The van der Waals surface area contributed by atoms with Gasteiger partial charge in [-0.1, -0.05) is 29.5 Å². The number of fused-ring (bicyclic) bond motifs is 2. The average Bonchev–Trinajstić information content (AvgIpc) is 3.21. The van der Waals surface area contributed by atoms with Gasteiger partial charge in [-0.3, -0.25) is 4.68 Å². The van der Waals surface area contributed by atoms with Crippen LogP contribution in [0.1, 0.15) is 36.4 Å². The minimum Gasteiger partial charge on any atom is -0.390 e. The van der Waals surface area contributed by atoms with Crippen LogP contribution >= 0.6 is 0 Å². The maximum absolute atomic E-state index is 11.2. The van der Waals surface area contributed by atoms with Gasteiger partial charge in [-0.2, -0.15) is 0 Å². The first-order valence-corrected chi connectivity index (χ1v) is 8.87. The number of rotatable bonds is 5. The Kier molecular flexibility index (Phi) is 4.35. The Morgan fingerprint density at radius 1 is 1.29 bits per heavy atom. The van der Waals surface area contributed by atoms with E-state index in [1.54, 1.807) is 6.20 Å². The van der Waals surface area contributed by atoms with Crippen LogP contribution in [0.25, 0.3) is 0 Å². The Morgan fingerprint density at radius 2 is 2.12 bits per heavy atom. The maximum Gasteiger partial charge on any atom is 0.0832 e. The molecular formula is C18H25N5O. The van der Waals surface area contributed by atoms with E-state index >= 15 is 0 Å². The minimum absolute atomic E-state index is 0.0232. The van der Waals surface area contributed by atoms with Crippen molar-refractivity contribution >= 4 is 0 Å². The fourth-order valence-electron chi connectivity index (χ4n) is 4.38. The summed E-state index contributed by atoms with van der Waals surface area (Å²) in [5, 5.41) is 26.0. The van der Waals surface area contributed by atoms with Gasteiger partial charge in [0, 0.05) is 18.2 Å². The highest BCUT2D eigenvalue weighted by atomic mass is 16.3. The molecule has 1 aromatic heterocycles. The van der Waals surface area contributed by atoms with E-state index in [1.165, 1.54) is 11.1 Å². The molecular weight excluding hydrogens is 302 g/mol. The zero-order chi connectivity index (χ0) is 16.4. The van der Waals surface area contributed by atoms with Gasteiger partial charge in [0.05, 0.1) is 18.3 Å². The van der Waals surface area contributed by atoms with Gasteiger partial charge >= 0.3 is 0 Å². The van der Waals surface area contributed by atoms with E-state index in [2.05, 4.69) is 45.2 Å². The number of aliphatic hydroxyl groups is 1. The van der Waals surface area contributed by atoms with E-state index in [0.717, 1.165) is 45.4 Å². The largest absolute Gasteiger partial charge is 0.390 e. The van der Waals surface area contributed by atoms with Gasteiger partial charge in [0.2, 0.25) is 0 Å². The molecule has 128 valence electrons. The normalized spacial score (nSPS) is 25.0. The molecule has 0 radical (unpaired) electrons. The first-order valence-electron chi connectivity index (χ1n) is 8.87. The first-order chi connectivity index (χ1) is 11.8. The third-order valence-corrected chi connectivity index (χ3v) is 5.61. The highest BCUT2D eigenvalue weighted by molar-refractivity contribution is 5.45. The predicted molar refractivity (Wildman–Crippen MR) is 91.6 cm³/mol. The minimum atomic E-state index is -0.358. The molecule has 2 heterocycles. The molecule has 6 nitrogen and oxygen atoms in total. The molecule has 0 amide bonds. The molecule has 24 heavy (non-hydrogen) atoms.